The van der Waals surface area contributed by atoms with E-state index in [-0.39, 0.29) is 22.6 Å². The molecule has 0 saturated carbocycles. The predicted molar refractivity (Wildman–Crippen MR) is 90.4 cm³/mol. The molecule has 3 rings (SSSR count). The van der Waals surface area contributed by atoms with E-state index in [1.165, 1.54) is 4.90 Å². The van der Waals surface area contributed by atoms with Gasteiger partial charge in [-0.15, -0.1) is 0 Å². The molecule has 0 unspecified atom stereocenters. The number of carbonyl (C=O) groups excluding carboxylic acids is 1. The van der Waals surface area contributed by atoms with Crippen molar-refractivity contribution in [2.75, 3.05) is 24.6 Å². The maximum Gasteiger partial charge on any atom is 0.256 e. The second-order valence-electron chi connectivity index (χ2n) is 6.56. The lowest BCUT2D eigenvalue weighted by molar-refractivity contribution is 0.0719. The van der Waals surface area contributed by atoms with Gasteiger partial charge in [0.1, 0.15) is 5.82 Å². The lowest BCUT2D eigenvalue weighted by Crippen LogP contribution is -2.36. The van der Waals surface area contributed by atoms with Crippen molar-refractivity contribution in [2.45, 2.75) is 35.8 Å². The van der Waals surface area contributed by atoms with Crippen molar-refractivity contribution in [2.24, 2.45) is 0 Å². The van der Waals surface area contributed by atoms with Gasteiger partial charge in [0.05, 0.1) is 27.2 Å². The Bertz CT molecular complexity index is 889. The molecule has 1 aromatic carbocycles. The molecule has 1 aromatic rings. The van der Waals surface area contributed by atoms with E-state index in [4.69, 9.17) is 0 Å². The minimum atomic E-state index is -3.93. The normalized spacial score (nSPS) is 23.6. The van der Waals surface area contributed by atoms with Gasteiger partial charge < -0.3 is 4.90 Å². The Morgan fingerprint density at radius 3 is 2.44 bits per heavy atom. The zero-order valence-electron chi connectivity index (χ0n) is 13.6. The van der Waals surface area contributed by atoms with E-state index in [1.807, 2.05) is 0 Å². The van der Waals surface area contributed by atoms with E-state index in [2.05, 4.69) is 0 Å². The van der Waals surface area contributed by atoms with E-state index in [1.54, 1.807) is 0 Å². The van der Waals surface area contributed by atoms with Crippen molar-refractivity contribution in [3.05, 3.63) is 29.6 Å². The number of sulfone groups is 2. The van der Waals surface area contributed by atoms with E-state index >= 15 is 0 Å². The number of benzene rings is 1. The van der Waals surface area contributed by atoms with Crippen molar-refractivity contribution in [1.29, 1.82) is 0 Å². The summed E-state index contributed by atoms with van der Waals surface area (Å²) >= 11 is 0. The molecule has 2 aliphatic rings. The predicted octanol–water partition coefficient (Wildman–Crippen LogP) is 1.41. The van der Waals surface area contributed by atoms with Crippen molar-refractivity contribution < 1.29 is 26.0 Å². The Morgan fingerprint density at radius 1 is 1.16 bits per heavy atom. The van der Waals surface area contributed by atoms with Gasteiger partial charge in [-0.3, -0.25) is 4.79 Å². The second-order valence-corrected chi connectivity index (χ2v) is 11.0. The van der Waals surface area contributed by atoms with E-state index in [9.17, 15) is 26.0 Å². The maximum absolute atomic E-state index is 14.1. The van der Waals surface area contributed by atoms with Gasteiger partial charge in [-0.25, -0.2) is 21.2 Å². The van der Waals surface area contributed by atoms with Crippen molar-refractivity contribution in [3.8, 4) is 0 Å². The molecule has 138 valence electrons. The van der Waals surface area contributed by atoms with Crippen LogP contribution in [0.5, 0.6) is 0 Å². The highest BCUT2D eigenvalue weighted by Crippen LogP contribution is 2.27. The number of hydrogen-bond acceptors (Lipinski definition) is 5. The largest absolute Gasteiger partial charge is 0.339 e. The topological polar surface area (TPSA) is 88.6 Å². The number of halogens is 1. The summed E-state index contributed by atoms with van der Waals surface area (Å²) in [5.74, 6) is -1.89. The smallest absolute Gasteiger partial charge is 0.256 e. The molecule has 1 atom stereocenters. The zero-order chi connectivity index (χ0) is 18.2. The second kappa shape index (κ2) is 6.68. The van der Waals surface area contributed by atoms with Crippen molar-refractivity contribution in [1.82, 2.24) is 4.90 Å². The summed E-state index contributed by atoms with van der Waals surface area (Å²) in [5, 5.41) is -1.04. The minimum absolute atomic E-state index is 0.0252. The first-order chi connectivity index (χ1) is 11.7. The van der Waals surface area contributed by atoms with Crippen LogP contribution in [0.1, 0.15) is 36.0 Å². The van der Waals surface area contributed by atoms with Crippen LogP contribution in [-0.2, 0) is 19.7 Å². The molecule has 2 saturated heterocycles. The Hall–Kier alpha value is -1.48. The van der Waals surface area contributed by atoms with Gasteiger partial charge in [0.25, 0.3) is 5.91 Å². The Balaban J connectivity index is 1.92. The van der Waals surface area contributed by atoms with Crippen molar-refractivity contribution in [3.63, 3.8) is 0 Å². The van der Waals surface area contributed by atoms with Crippen LogP contribution in [0.2, 0.25) is 0 Å². The molecule has 2 aliphatic heterocycles. The molecule has 25 heavy (non-hydrogen) atoms. The highest BCUT2D eigenvalue weighted by atomic mass is 32.2. The average molecular weight is 389 g/mol. The Kier molecular flexibility index (Phi) is 4.89. The molecule has 9 heteroatoms. The standard InChI is InChI=1S/C16H20FNO5S2/c17-15-5-4-12(25(22,23)13-6-9-24(20,21)11-13)10-14(15)16(19)18-7-2-1-3-8-18/h4-5,10,13H,1-3,6-9,11H2/t13-/m0/s1. The summed E-state index contributed by atoms with van der Waals surface area (Å²) in [6.45, 7) is 1.05. The first kappa shape index (κ1) is 18.3. The van der Waals surface area contributed by atoms with E-state index in [0.717, 1.165) is 37.5 Å². The fourth-order valence-corrected chi connectivity index (χ4v) is 7.69. The van der Waals surface area contributed by atoms with Crippen LogP contribution in [0.25, 0.3) is 0 Å². The van der Waals surface area contributed by atoms with Crippen LogP contribution < -0.4 is 0 Å². The first-order valence-electron chi connectivity index (χ1n) is 8.24. The average Bonchev–Trinajstić information content (AvgIpc) is 2.96. The molecule has 0 radical (unpaired) electrons. The number of rotatable bonds is 3. The van der Waals surface area contributed by atoms with Gasteiger partial charge in [0, 0.05) is 13.1 Å². The van der Waals surface area contributed by atoms with Crippen LogP contribution in [-0.4, -0.2) is 57.5 Å². The fraction of sp³-hybridized carbons (Fsp3) is 0.562. The summed E-state index contributed by atoms with van der Waals surface area (Å²) in [4.78, 5) is 13.8. The first-order valence-corrected chi connectivity index (χ1v) is 11.6. The molecular formula is C16H20FNO5S2. The van der Waals surface area contributed by atoms with Crippen LogP contribution in [0.4, 0.5) is 4.39 Å². The SMILES string of the molecule is O=C(c1cc(S(=O)(=O)[C@H]2CCS(=O)(=O)C2)ccc1F)N1CCCCC1. The molecule has 1 amide bonds. The molecule has 0 aliphatic carbocycles. The van der Waals surface area contributed by atoms with Gasteiger partial charge in [-0.1, -0.05) is 0 Å². The number of likely N-dealkylation sites (tertiary alicyclic amines) is 1. The van der Waals surface area contributed by atoms with Crippen LogP contribution in [0.3, 0.4) is 0 Å². The fourth-order valence-electron chi connectivity index (χ4n) is 3.31. The van der Waals surface area contributed by atoms with Gasteiger partial charge in [-0.2, -0.15) is 0 Å². The molecular weight excluding hydrogens is 369 g/mol. The van der Waals surface area contributed by atoms with Crippen LogP contribution in [0.15, 0.2) is 23.1 Å². The molecule has 0 aromatic heterocycles. The van der Waals surface area contributed by atoms with E-state index in [0.29, 0.717) is 13.1 Å². The Labute approximate surface area is 146 Å². The van der Waals surface area contributed by atoms with Gasteiger partial charge in [-0.05, 0) is 43.9 Å². The molecule has 0 spiro atoms. The lowest BCUT2D eigenvalue weighted by Gasteiger charge is -2.27. The van der Waals surface area contributed by atoms with Gasteiger partial charge >= 0.3 is 0 Å². The molecule has 2 fully saturated rings. The maximum atomic E-state index is 14.1. The monoisotopic (exact) mass is 389 g/mol. The summed E-state index contributed by atoms with van der Waals surface area (Å²) in [6.07, 6.45) is 2.71. The van der Waals surface area contributed by atoms with Crippen molar-refractivity contribution >= 4 is 25.6 Å². The molecule has 0 N–H and O–H groups in total. The van der Waals surface area contributed by atoms with Crippen LogP contribution in [0, 0.1) is 5.82 Å². The van der Waals surface area contributed by atoms with Crippen LogP contribution >= 0.6 is 0 Å². The summed E-state index contributed by atoms with van der Waals surface area (Å²) < 4.78 is 62.6. The molecule has 2 heterocycles. The highest BCUT2D eigenvalue weighted by Gasteiger charge is 2.38. The van der Waals surface area contributed by atoms with Gasteiger partial charge in [0.2, 0.25) is 0 Å². The third kappa shape index (κ3) is 3.72. The van der Waals surface area contributed by atoms with E-state index < -0.39 is 42.4 Å². The number of hydrogen-bond donors (Lipinski definition) is 0. The number of amides is 1. The zero-order valence-corrected chi connectivity index (χ0v) is 15.3. The van der Waals surface area contributed by atoms with Gasteiger partial charge in [0.15, 0.2) is 19.7 Å². The summed E-state index contributed by atoms with van der Waals surface area (Å²) in [5.41, 5.74) is -0.274. The summed E-state index contributed by atoms with van der Waals surface area (Å²) in [7, 11) is -7.30. The lowest BCUT2D eigenvalue weighted by atomic mass is 10.1. The third-order valence-electron chi connectivity index (χ3n) is 4.77. The number of nitrogens with zero attached hydrogens (tertiary/aromatic N) is 1. The highest BCUT2D eigenvalue weighted by molar-refractivity contribution is 7.96. The number of piperidine rings is 1. The third-order valence-corrected chi connectivity index (χ3v) is 8.94. The molecule has 6 nitrogen and oxygen atoms in total. The number of carbonyl (C=O) groups is 1. The minimum Gasteiger partial charge on any atom is -0.339 e. The Morgan fingerprint density at radius 2 is 1.84 bits per heavy atom. The summed E-state index contributed by atoms with van der Waals surface area (Å²) in [6, 6.07) is 3.11. The molecule has 0 bridgehead atoms. The quantitative estimate of drug-likeness (QED) is 0.730.